The van der Waals surface area contributed by atoms with Gasteiger partial charge in [0.2, 0.25) is 0 Å². The number of hydrogen-bond acceptors (Lipinski definition) is 1. The smallest absolute Gasteiger partial charge is 0.309 e. The van der Waals surface area contributed by atoms with Gasteiger partial charge in [0.05, 0.1) is 5.41 Å². The first kappa shape index (κ1) is 14.5. The van der Waals surface area contributed by atoms with E-state index in [-0.39, 0.29) is 17.3 Å². The van der Waals surface area contributed by atoms with Crippen LogP contribution in [0.4, 0.5) is 0 Å². The van der Waals surface area contributed by atoms with Crippen LogP contribution in [0.1, 0.15) is 54.9 Å². The molecule has 1 N–H and O–H groups in total. The van der Waals surface area contributed by atoms with Gasteiger partial charge in [-0.3, -0.25) is 4.79 Å². The van der Waals surface area contributed by atoms with Crippen LogP contribution in [0.5, 0.6) is 0 Å². The molecule has 2 nitrogen and oxygen atoms in total. The molecule has 0 saturated carbocycles. The molecule has 0 spiro atoms. The summed E-state index contributed by atoms with van der Waals surface area (Å²) in [6.45, 7) is 14.4. The summed E-state index contributed by atoms with van der Waals surface area (Å²) in [7, 11) is 0. The first-order valence-electron chi connectivity index (χ1n) is 5.75. The summed E-state index contributed by atoms with van der Waals surface area (Å²) >= 11 is 0. The van der Waals surface area contributed by atoms with Gasteiger partial charge in [0.15, 0.2) is 0 Å². The van der Waals surface area contributed by atoms with Gasteiger partial charge in [-0.1, -0.05) is 41.5 Å². The Balaban J connectivity index is 4.88. The van der Waals surface area contributed by atoms with E-state index in [1.165, 1.54) is 0 Å². The molecule has 2 heteroatoms. The van der Waals surface area contributed by atoms with Gasteiger partial charge in [-0.25, -0.2) is 0 Å². The molecule has 0 rings (SSSR count). The van der Waals surface area contributed by atoms with E-state index in [9.17, 15) is 9.90 Å². The monoisotopic (exact) mass is 214 g/mol. The van der Waals surface area contributed by atoms with E-state index in [0.717, 1.165) is 6.42 Å². The molecular formula is C13H26O2. The Morgan fingerprint density at radius 2 is 1.53 bits per heavy atom. The lowest BCUT2D eigenvalue weighted by Crippen LogP contribution is -2.40. The quantitative estimate of drug-likeness (QED) is 0.772. The Hall–Kier alpha value is -0.530. The topological polar surface area (TPSA) is 37.3 Å². The number of rotatable bonds is 4. The molecule has 2 unspecified atom stereocenters. The molecular weight excluding hydrogens is 188 g/mol. The second-order valence-electron chi connectivity index (χ2n) is 6.41. The van der Waals surface area contributed by atoms with Crippen molar-refractivity contribution in [3.05, 3.63) is 0 Å². The van der Waals surface area contributed by atoms with Crippen molar-refractivity contribution < 1.29 is 9.90 Å². The third kappa shape index (κ3) is 3.51. The van der Waals surface area contributed by atoms with Gasteiger partial charge >= 0.3 is 5.97 Å². The highest BCUT2D eigenvalue weighted by Crippen LogP contribution is 2.41. The molecule has 0 heterocycles. The molecule has 0 fully saturated rings. The average Bonchev–Trinajstić information content (AvgIpc) is 1.98. The van der Waals surface area contributed by atoms with Crippen LogP contribution in [-0.4, -0.2) is 11.1 Å². The van der Waals surface area contributed by atoms with Crippen molar-refractivity contribution in [1.82, 2.24) is 0 Å². The maximum absolute atomic E-state index is 11.4. The minimum absolute atomic E-state index is 0.160. The molecule has 0 saturated heterocycles. The third-order valence-electron chi connectivity index (χ3n) is 3.60. The number of carboxylic acid groups (broad SMARTS) is 1. The first-order chi connectivity index (χ1) is 6.51. The molecule has 90 valence electrons. The average molecular weight is 214 g/mol. The fourth-order valence-electron chi connectivity index (χ4n) is 2.16. The second-order valence-corrected chi connectivity index (χ2v) is 6.41. The molecule has 0 aromatic rings. The van der Waals surface area contributed by atoms with Gasteiger partial charge < -0.3 is 5.11 Å². The highest BCUT2D eigenvalue weighted by Gasteiger charge is 2.42. The Kier molecular flexibility index (Phi) is 4.38. The van der Waals surface area contributed by atoms with Crippen molar-refractivity contribution in [2.45, 2.75) is 54.9 Å². The van der Waals surface area contributed by atoms with Crippen molar-refractivity contribution >= 4 is 5.97 Å². The number of carbonyl (C=O) groups is 1. The van der Waals surface area contributed by atoms with E-state index in [1.807, 2.05) is 20.8 Å². The highest BCUT2D eigenvalue weighted by molar-refractivity contribution is 5.74. The fraction of sp³-hybridized carbons (Fsp3) is 0.923. The van der Waals surface area contributed by atoms with E-state index >= 15 is 0 Å². The van der Waals surface area contributed by atoms with E-state index in [1.54, 1.807) is 0 Å². The van der Waals surface area contributed by atoms with Crippen LogP contribution in [0.2, 0.25) is 0 Å². The van der Waals surface area contributed by atoms with Crippen molar-refractivity contribution in [3.63, 3.8) is 0 Å². The highest BCUT2D eigenvalue weighted by atomic mass is 16.4. The minimum Gasteiger partial charge on any atom is -0.481 e. The number of carboxylic acids is 1. The van der Waals surface area contributed by atoms with Crippen molar-refractivity contribution in [2.75, 3.05) is 0 Å². The molecule has 0 radical (unpaired) electrons. The second kappa shape index (κ2) is 4.54. The van der Waals surface area contributed by atoms with E-state index < -0.39 is 11.4 Å². The Bertz CT molecular complexity index is 225. The summed E-state index contributed by atoms with van der Waals surface area (Å²) in [6.07, 6.45) is 0.938. The van der Waals surface area contributed by atoms with Crippen molar-refractivity contribution in [1.29, 1.82) is 0 Å². The summed E-state index contributed by atoms with van der Waals surface area (Å²) in [5.74, 6) is -0.323. The maximum Gasteiger partial charge on any atom is 0.309 e. The first-order valence-corrected chi connectivity index (χ1v) is 5.75. The van der Waals surface area contributed by atoms with Crippen molar-refractivity contribution in [2.24, 2.45) is 22.7 Å². The van der Waals surface area contributed by atoms with Crippen LogP contribution in [0.25, 0.3) is 0 Å². The molecule has 0 aliphatic rings. The van der Waals surface area contributed by atoms with Gasteiger partial charge in [0.25, 0.3) is 0 Å². The van der Waals surface area contributed by atoms with Gasteiger partial charge in [0, 0.05) is 0 Å². The summed E-state index contributed by atoms with van der Waals surface area (Å²) < 4.78 is 0. The molecule has 0 aromatic heterocycles. The van der Waals surface area contributed by atoms with Gasteiger partial charge in [-0.05, 0) is 30.6 Å². The van der Waals surface area contributed by atoms with Gasteiger partial charge in [0.1, 0.15) is 0 Å². The molecule has 0 aliphatic heterocycles. The SMILES string of the molecule is CC(C)C(C)(C(=O)O)C(C)CC(C)(C)C. The molecule has 0 bridgehead atoms. The Morgan fingerprint density at radius 1 is 1.13 bits per heavy atom. The summed E-state index contributed by atoms with van der Waals surface area (Å²) in [5, 5.41) is 9.37. The van der Waals surface area contributed by atoms with Crippen LogP contribution in [-0.2, 0) is 4.79 Å². The standard InChI is InChI=1S/C13H26O2/c1-9(2)13(7,11(14)15)10(3)8-12(4,5)6/h9-10H,8H2,1-7H3,(H,14,15). The zero-order valence-electron chi connectivity index (χ0n) is 11.2. The molecule has 2 atom stereocenters. The van der Waals surface area contributed by atoms with E-state index in [0.29, 0.717) is 0 Å². The zero-order chi connectivity index (χ0) is 12.4. The van der Waals surface area contributed by atoms with E-state index in [2.05, 4.69) is 27.7 Å². The van der Waals surface area contributed by atoms with Crippen molar-refractivity contribution in [3.8, 4) is 0 Å². The van der Waals surface area contributed by atoms with Gasteiger partial charge in [-0.15, -0.1) is 0 Å². The fourth-order valence-corrected chi connectivity index (χ4v) is 2.16. The molecule has 0 aliphatic carbocycles. The number of aliphatic carboxylic acids is 1. The van der Waals surface area contributed by atoms with Crippen LogP contribution < -0.4 is 0 Å². The van der Waals surface area contributed by atoms with Crippen LogP contribution in [0, 0.1) is 22.7 Å². The van der Waals surface area contributed by atoms with Crippen LogP contribution >= 0.6 is 0 Å². The minimum atomic E-state index is -0.672. The molecule has 0 aromatic carbocycles. The predicted octanol–water partition coefficient (Wildman–Crippen LogP) is 3.81. The Morgan fingerprint density at radius 3 is 1.73 bits per heavy atom. The summed E-state index contributed by atoms with van der Waals surface area (Å²) in [5.41, 5.74) is -0.432. The lowest BCUT2D eigenvalue weighted by molar-refractivity contribution is -0.155. The molecule has 15 heavy (non-hydrogen) atoms. The number of hydrogen-bond donors (Lipinski definition) is 1. The Labute approximate surface area is 94.1 Å². The lowest BCUT2D eigenvalue weighted by Gasteiger charge is -2.38. The summed E-state index contributed by atoms with van der Waals surface area (Å²) in [6, 6.07) is 0. The van der Waals surface area contributed by atoms with Crippen LogP contribution in [0.15, 0.2) is 0 Å². The predicted molar refractivity (Wildman–Crippen MR) is 63.8 cm³/mol. The van der Waals surface area contributed by atoms with Crippen LogP contribution in [0.3, 0.4) is 0 Å². The largest absolute Gasteiger partial charge is 0.481 e. The zero-order valence-corrected chi connectivity index (χ0v) is 11.2. The maximum atomic E-state index is 11.4. The summed E-state index contributed by atoms with van der Waals surface area (Å²) in [4.78, 5) is 11.4. The lowest BCUT2D eigenvalue weighted by atomic mass is 9.65. The third-order valence-corrected chi connectivity index (χ3v) is 3.60. The van der Waals surface area contributed by atoms with Gasteiger partial charge in [-0.2, -0.15) is 0 Å². The normalized spacial score (nSPS) is 18.7. The molecule has 0 amide bonds. The van der Waals surface area contributed by atoms with E-state index in [4.69, 9.17) is 0 Å².